The van der Waals surface area contributed by atoms with Crippen LogP contribution in [0.5, 0.6) is 11.5 Å². The summed E-state index contributed by atoms with van der Waals surface area (Å²) in [7, 11) is -3.19. The highest BCUT2D eigenvalue weighted by atomic mass is 35.5. The van der Waals surface area contributed by atoms with E-state index < -0.39 is 15.9 Å². The zero-order valence-corrected chi connectivity index (χ0v) is 19.1. The van der Waals surface area contributed by atoms with E-state index in [-0.39, 0.29) is 29.7 Å². The minimum Gasteiger partial charge on any atom is -0.486 e. The fourth-order valence-corrected chi connectivity index (χ4v) is 5.89. The standard InChI is InChI=1S/C23H21ClN2O6S/c24-17-4-1-15(2-5-17)13-26(18-7-10-33(28,29)14-18)23(27)19-12-21(32-25-19)16-3-6-20-22(11-16)31-9-8-30-20/h1-6,11-12,18H,7-10,13-14H2. The van der Waals surface area contributed by atoms with Crippen LogP contribution < -0.4 is 9.47 Å². The molecule has 0 spiro atoms. The van der Waals surface area contributed by atoms with Crippen molar-refractivity contribution in [1.82, 2.24) is 10.1 Å². The number of halogens is 1. The van der Waals surface area contributed by atoms with Gasteiger partial charge in [-0.1, -0.05) is 28.9 Å². The van der Waals surface area contributed by atoms with Gasteiger partial charge in [-0.05, 0) is 42.3 Å². The monoisotopic (exact) mass is 488 g/mol. The average Bonchev–Trinajstić information content (AvgIpc) is 3.44. The molecule has 1 atom stereocenters. The maximum atomic E-state index is 13.4. The number of sulfone groups is 1. The molecule has 3 heterocycles. The molecular formula is C23H21ClN2O6S. The topological polar surface area (TPSA) is 98.9 Å². The smallest absolute Gasteiger partial charge is 0.276 e. The van der Waals surface area contributed by atoms with Gasteiger partial charge in [-0.2, -0.15) is 0 Å². The SMILES string of the molecule is O=C(c1cc(-c2ccc3c(c2)OCCO3)on1)N(Cc1ccc(Cl)cc1)C1CCS(=O)(=O)C1. The molecule has 1 unspecified atom stereocenters. The van der Waals surface area contributed by atoms with Crippen LogP contribution in [0.1, 0.15) is 22.5 Å². The van der Waals surface area contributed by atoms with Crippen LogP contribution in [0.4, 0.5) is 0 Å². The molecule has 0 bridgehead atoms. The fourth-order valence-electron chi connectivity index (χ4n) is 4.03. The second kappa shape index (κ2) is 8.72. The number of fused-ring (bicyclic) bond motifs is 1. The van der Waals surface area contributed by atoms with Gasteiger partial charge >= 0.3 is 0 Å². The first-order valence-electron chi connectivity index (χ1n) is 10.5. The van der Waals surface area contributed by atoms with Gasteiger partial charge in [0.15, 0.2) is 32.8 Å². The molecule has 0 saturated carbocycles. The summed E-state index contributed by atoms with van der Waals surface area (Å²) in [5, 5.41) is 4.56. The van der Waals surface area contributed by atoms with Crippen LogP contribution in [0.15, 0.2) is 53.1 Å². The van der Waals surface area contributed by atoms with Crippen LogP contribution in [0.3, 0.4) is 0 Å². The van der Waals surface area contributed by atoms with Crippen molar-refractivity contribution in [3.63, 3.8) is 0 Å². The summed E-state index contributed by atoms with van der Waals surface area (Å²) < 4.78 is 40.8. The van der Waals surface area contributed by atoms with E-state index in [0.717, 1.165) is 5.56 Å². The van der Waals surface area contributed by atoms with E-state index in [0.29, 0.717) is 47.5 Å². The van der Waals surface area contributed by atoms with Gasteiger partial charge < -0.3 is 18.9 Å². The Hall–Kier alpha value is -3.04. The van der Waals surface area contributed by atoms with Crippen molar-refractivity contribution in [1.29, 1.82) is 0 Å². The number of aromatic nitrogens is 1. The van der Waals surface area contributed by atoms with E-state index in [1.165, 1.54) is 0 Å². The number of hydrogen-bond acceptors (Lipinski definition) is 7. The Morgan fingerprint density at radius 1 is 1.06 bits per heavy atom. The maximum absolute atomic E-state index is 13.4. The molecular weight excluding hydrogens is 468 g/mol. The molecule has 0 aliphatic carbocycles. The van der Waals surface area contributed by atoms with E-state index in [2.05, 4.69) is 5.16 Å². The first kappa shape index (κ1) is 21.8. The first-order chi connectivity index (χ1) is 15.9. The van der Waals surface area contributed by atoms with E-state index in [1.807, 2.05) is 12.1 Å². The number of rotatable bonds is 5. The van der Waals surface area contributed by atoms with Crippen LogP contribution in [-0.4, -0.2) is 55.1 Å². The van der Waals surface area contributed by atoms with E-state index in [1.54, 1.807) is 41.3 Å². The number of ether oxygens (including phenoxy) is 2. The van der Waals surface area contributed by atoms with Crippen molar-refractivity contribution < 1.29 is 27.2 Å². The second-order valence-electron chi connectivity index (χ2n) is 8.05. The normalized spacial score (nSPS) is 18.8. The van der Waals surface area contributed by atoms with Crippen LogP contribution in [0.2, 0.25) is 5.02 Å². The lowest BCUT2D eigenvalue weighted by Crippen LogP contribution is -2.40. The van der Waals surface area contributed by atoms with E-state index in [9.17, 15) is 13.2 Å². The fraction of sp³-hybridized carbons (Fsp3) is 0.304. The lowest BCUT2D eigenvalue weighted by atomic mass is 10.1. The molecule has 0 radical (unpaired) electrons. The summed E-state index contributed by atoms with van der Waals surface area (Å²) in [4.78, 5) is 15.0. The first-order valence-corrected chi connectivity index (χ1v) is 12.7. The van der Waals surface area contributed by atoms with Gasteiger partial charge in [0.25, 0.3) is 5.91 Å². The Morgan fingerprint density at radius 3 is 2.55 bits per heavy atom. The lowest BCUT2D eigenvalue weighted by Gasteiger charge is -2.27. The number of carbonyl (C=O) groups excluding carboxylic acids is 1. The molecule has 1 amide bonds. The number of hydrogen-bond donors (Lipinski definition) is 0. The van der Waals surface area contributed by atoms with E-state index >= 15 is 0 Å². The van der Waals surface area contributed by atoms with Crippen molar-refractivity contribution in [3.05, 3.63) is 64.8 Å². The summed E-state index contributed by atoms with van der Waals surface area (Å²) in [6, 6.07) is 13.6. The Morgan fingerprint density at radius 2 is 1.82 bits per heavy atom. The van der Waals surface area contributed by atoms with Gasteiger partial charge in [-0.3, -0.25) is 4.79 Å². The highest BCUT2D eigenvalue weighted by Crippen LogP contribution is 2.35. The highest BCUT2D eigenvalue weighted by Gasteiger charge is 2.36. The summed E-state index contributed by atoms with van der Waals surface area (Å²) in [5.74, 6) is 1.25. The average molecular weight is 489 g/mol. The van der Waals surface area contributed by atoms with Gasteiger partial charge in [-0.25, -0.2) is 8.42 Å². The third-order valence-corrected chi connectivity index (χ3v) is 7.73. The van der Waals surface area contributed by atoms with Gasteiger partial charge in [0.1, 0.15) is 13.2 Å². The predicted molar refractivity (Wildman–Crippen MR) is 121 cm³/mol. The molecule has 2 aliphatic rings. The van der Waals surface area contributed by atoms with Crippen LogP contribution in [0, 0.1) is 0 Å². The Labute approximate surface area is 195 Å². The van der Waals surface area contributed by atoms with Crippen molar-refractivity contribution in [2.75, 3.05) is 24.7 Å². The molecule has 10 heteroatoms. The summed E-state index contributed by atoms with van der Waals surface area (Å²) in [5.41, 5.74) is 1.64. The van der Waals surface area contributed by atoms with Gasteiger partial charge in [-0.15, -0.1) is 0 Å². The van der Waals surface area contributed by atoms with Crippen molar-refractivity contribution in [2.24, 2.45) is 0 Å². The summed E-state index contributed by atoms with van der Waals surface area (Å²) in [6.07, 6.45) is 0.383. The molecule has 2 aliphatic heterocycles. The van der Waals surface area contributed by atoms with Crippen molar-refractivity contribution in [3.8, 4) is 22.8 Å². The molecule has 8 nitrogen and oxygen atoms in total. The van der Waals surface area contributed by atoms with Gasteiger partial charge in [0.05, 0.1) is 11.5 Å². The zero-order chi connectivity index (χ0) is 23.0. The number of benzene rings is 2. The quantitative estimate of drug-likeness (QED) is 0.541. The maximum Gasteiger partial charge on any atom is 0.276 e. The molecule has 1 fully saturated rings. The van der Waals surface area contributed by atoms with Crippen LogP contribution in [-0.2, 0) is 16.4 Å². The summed E-state index contributed by atoms with van der Waals surface area (Å²) in [6.45, 7) is 1.19. The van der Waals surface area contributed by atoms with Crippen molar-refractivity contribution in [2.45, 2.75) is 19.0 Å². The molecule has 3 aromatic rings. The second-order valence-corrected chi connectivity index (χ2v) is 10.7. The molecule has 172 valence electrons. The van der Waals surface area contributed by atoms with Crippen LogP contribution in [0.25, 0.3) is 11.3 Å². The largest absolute Gasteiger partial charge is 0.486 e. The summed E-state index contributed by atoms with van der Waals surface area (Å²) >= 11 is 5.98. The molecule has 1 aromatic heterocycles. The molecule has 5 rings (SSSR count). The molecule has 0 N–H and O–H groups in total. The third-order valence-electron chi connectivity index (χ3n) is 5.73. The lowest BCUT2D eigenvalue weighted by molar-refractivity contribution is 0.0670. The number of carbonyl (C=O) groups is 1. The Kier molecular flexibility index (Phi) is 5.76. The van der Waals surface area contributed by atoms with Crippen molar-refractivity contribution >= 4 is 27.3 Å². The molecule has 2 aromatic carbocycles. The Balaban J connectivity index is 1.42. The Bertz CT molecular complexity index is 1290. The van der Waals surface area contributed by atoms with Gasteiger partial charge in [0, 0.05) is 29.2 Å². The highest BCUT2D eigenvalue weighted by molar-refractivity contribution is 7.91. The molecule has 1 saturated heterocycles. The molecule has 33 heavy (non-hydrogen) atoms. The van der Waals surface area contributed by atoms with E-state index in [4.69, 9.17) is 25.6 Å². The third kappa shape index (κ3) is 4.69. The predicted octanol–water partition coefficient (Wildman–Crippen LogP) is 3.60. The number of amides is 1. The number of nitrogens with zero attached hydrogens (tertiary/aromatic N) is 2. The van der Waals surface area contributed by atoms with Crippen LogP contribution >= 0.6 is 11.6 Å². The minimum atomic E-state index is -3.19. The zero-order valence-electron chi connectivity index (χ0n) is 17.6. The minimum absolute atomic E-state index is 0.0589. The van der Waals surface area contributed by atoms with Gasteiger partial charge in [0.2, 0.25) is 0 Å².